The molecule has 1 aliphatic heterocycles. The second-order valence-corrected chi connectivity index (χ2v) is 4.31. The summed E-state index contributed by atoms with van der Waals surface area (Å²) < 4.78 is 41.9. The van der Waals surface area contributed by atoms with Crippen LogP contribution in [0.2, 0.25) is 0 Å². The van der Waals surface area contributed by atoms with Crippen molar-refractivity contribution in [2.75, 3.05) is 6.61 Å². The molecule has 0 bridgehead atoms. The lowest BCUT2D eigenvalue weighted by Gasteiger charge is -2.31. The monoisotopic (exact) mass is 222 g/mol. The van der Waals surface area contributed by atoms with Gasteiger partial charge in [-0.3, -0.25) is 0 Å². The van der Waals surface area contributed by atoms with Gasteiger partial charge in [0.05, 0.1) is 24.2 Å². The van der Waals surface area contributed by atoms with Gasteiger partial charge >= 0.3 is 6.18 Å². The van der Waals surface area contributed by atoms with Crippen LogP contribution in [0, 0.1) is 5.92 Å². The minimum Gasteiger partial charge on any atom is -0.386 e. The molecule has 1 fully saturated rings. The molecular formula is C10H13F3O2. The number of alkyl halides is 3. The van der Waals surface area contributed by atoms with Gasteiger partial charge in [-0.15, -0.1) is 0 Å². The molecule has 0 aromatic carbocycles. The van der Waals surface area contributed by atoms with Gasteiger partial charge in [0, 0.05) is 6.42 Å². The van der Waals surface area contributed by atoms with Crippen molar-refractivity contribution in [1.82, 2.24) is 0 Å². The number of hydrogen-bond acceptors (Lipinski definition) is 2. The Morgan fingerprint density at radius 1 is 1.47 bits per heavy atom. The number of allylic oxidation sites excluding steroid dienone is 1. The SMILES string of the molecule is OC1(CC2CO2)C=CC(C(F)(F)F)CC1. The zero-order valence-electron chi connectivity index (χ0n) is 8.13. The van der Waals surface area contributed by atoms with Crippen molar-refractivity contribution in [2.24, 2.45) is 5.92 Å². The van der Waals surface area contributed by atoms with E-state index in [0.29, 0.717) is 13.0 Å². The summed E-state index contributed by atoms with van der Waals surface area (Å²) in [4.78, 5) is 0. The van der Waals surface area contributed by atoms with Crippen LogP contribution in [0.4, 0.5) is 13.2 Å². The van der Waals surface area contributed by atoms with Crippen LogP contribution in [0.1, 0.15) is 19.3 Å². The molecule has 3 unspecified atom stereocenters. The number of aliphatic hydroxyl groups is 1. The molecule has 86 valence electrons. The second kappa shape index (κ2) is 3.49. The highest BCUT2D eigenvalue weighted by molar-refractivity contribution is 5.10. The normalized spacial score (nSPS) is 40.5. The van der Waals surface area contributed by atoms with E-state index in [-0.39, 0.29) is 18.9 Å². The minimum atomic E-state index is -4.19. The maximum atomic E-state index is 12.3. The predicted molar refractivity (Wildman–Crippen MR) is 47.2 cm³/mol. The van der Waals surface area contributed by atoms with Crippen molar-refractivity contribution in [3.05, 3.63) is 12.2 Å². The Morgan fingerprint density at radius 3 is 2.53 bits per heavy atom. The summed E-state index contributed by atoms with van der Waals surface area (Å²) in [6.45, 7) is 0.610. The third-order valence-electron chi connectivity index (χ3n) is 2.93. The molecule has 15 heavy (non-hydrogen) atoms. The van der Waals surface area contributed by atoms with Gasteiger partial charge < -0.3 is 9.84 Å². The molecule has 1 N–H and O–H groups in total. The molecule has 2 rings (SSSR count). The van der Waals surface area contributed by atoms with E-state index < -0.39 is 17.7 Å². The van der Waals surface area contributed by atoms with E-state index in [0.717, 1.165) is 6.08 Å². The maximum absolute atomic E-state index is 12.3. The summed E-state index contributed by atoms with van der Waals surface area (Å²) in [7, 11) is 0. The van der Waals surface area contributed by atoms with Crippen LogP contribution >= 0.6 is 0 Å². The van der Waals surface area contributed by atoms with Crippen molar-refractivity contribution in [3.63, 3.8) is 0 Å². The molecule has 0 saturated carbocycles. The van der Waals surface area contributed by atoms with E-state index in [1.165, 1.54) is 6.08 Å². The third kappa shape index (κ3) is 2.72. The fraction of sp³-hybridized carbons (Fsp3) is 0.800. The molecule has 5 heteroatoms. The number of halogens is 3. The number of ether oxygens (including phenoxy) is 1. The van der Waals surface area contributed by atoms with Gasteiger partial charge in [-0.25, -0.2) is 0 Å². The molecule has 2 nitrogen and oxygen atoms in total. The van der Waals surface area contributed by atoms with E-state index >= 15 is 0 Å². The van der Waals surface area contributed by atoms with E-state index in [2.05, 4.69) is 0 Å². The molecule has 0 amide bonds. The van der Waals surface area contributed by atoms with Crippen LogP contribution in [0.5, 0.6) is 0 Å². The molecular weight excluding hydrogens is 209 g/mol. The predicted octanol–water partition coefficient (Wildman–Crippen LogP) is 2.03. The second-order valence-electron chi connectivity index (χ2n) is 4.31. The first-order valence-corrected chi connectivity index (χ1v) is 4.99. The Hall–Kier alpha value is -0.550. The Balaban J connectivity index is 1.97. The molecule has 0 radical (unpaired) electrons. The number of rotatable bonds is 2. The first-order chi connectivity index (χ1) is 6.89. The molecule has 1 aliphatic carbocycles. The highest BCUT2D eigenvalue weighted by atomic mass is 19.4. The van der Waals surface area contributed by atoms with Crippen LogP contribution in [-0.2, 0) is 4.74 Å². The van der Waals surface area contributed by atoms with Crippen molar-refractivity contribution < 1.29 is 23.0 Å². The topological polar surface area (TPSA) is 32.8 Å². The van der Waals surface area contributed by atoms with Crippen LogP contribution in [0.3, 0.4) is 0 Å². The molecule has 0 aromatic rings. The van der Waals surface area contributed by atoms with Crippen molar-refractivity contribution in [2.45, 2.75) is 37.1 Å². The summed E-state index contributed by atoms with van der Waals surface area (Å²) in [6.07, 6.45) is -1.26. The fourth-order valence-corrected chi connectivity index (χ4v) is 1.90. The summed E-state index contributed by atoms with van der Waals surface area (Å²) in [5, 5.41) is 9.93. The lowest BCUT2D eigenvalue weighted by atomic mass is 9.82. The zero-order chi connectivity index (χ0) is 11.1. The van der Waals surface area contributed by atoms with Gasteiger partial charge in [-0.05, 0) is 12.8 Å². The average molecular weight is 222 g/mol. The zero-order valence-corrected chi connectivity index (χ0v) is 8.13. The first kappa shape index (κ1) is 11.0. The van der Waals surface area contributed by atoms with Gasteiger partial charge in [0.2, 0.25) is 0 Å². The van der Waals surface area contributed by atoms with Crippen molar-refractivity contribution >= 4 is 0 Å². The van der Waals surface area contributed by atoms with E-state index in [9.17, 15) is 18.3 Å². The van der Waals surface area contributed by atoms with Crippen molar-refractivity contribution in [1.29, 1.82) is 0 Å². The quantitative estimate of drug-likeness (QED) is 0.572. The highest BCUT2D eigenvalue weighted by Gasteiger charge is 2.43. The van der Waals surface area contributed by atoms with Crippen LogP contribution in [-0.4, -0.2) is 29.6 Å². The van der Waals surface area contributed by atoms with E-state index in [4.69, 9.17) is 4.74 Å². The molecule has 1 saturated heterocycles. The minimum absolute atomic E-state index is 0.0297. The molecule has 3 atom stereocenters. The lowest BCUT2D eigenvalue weighted by Crippen LogP contribution is -2.35. The van der Waals surface area contributed by atoms with Crippen LogP contribution in [0.25, 0.3) is 0 Å². The van der Waals surface area contributed by atoms with Gasteiger partial charge in [0.15, 0.2) is 0 Å². The molecule has 2 aliphatic rings. The van der Waals surface area contributed by atoms with E-state index in [1.54, 1.807) is 0 Å². The van der Waals surface area contributed by atoms with Crippen LogP contribution < -0.4 is 0 Å². The first-order valence-electron chi connectivity index (χ1n) is 4.99. The molecule has 0 spiro atoms. The number of hydrogen-bond donors (Lipinski definition) is 1. The fourth-order valence-electron chi connectivity index (χ4n) is 1.90. The van der Waals surface area contributed by atoms with Gasteiger partial charge in [-0.1, -0.05) is 12.2 Å². The smallest absolute Gasteiger partial charge is 0.386 e. The largest absolute Gasteiger partial charge is 0.395 e. The van der Waals surface area contributed by atoms with Gasteiger partial charge in [-0.2, -0.15) is 13.2 Å². The van der Waals surface area contributed by atoms with E-state index in [1.807, 2.05) is 0 Å². The lowest BCUT2D eigenvalue weighted by molar-refractivity contribution is -0.167. The summed E-state index contributed by atoms with van der Waals surface area (Å²) in [5.41, 5.74) is -1.09. The summed E-state index contributed by atoms with van der Waals surface area (Å²) in [5.74, 6) is -1.40. The summed E-state index contributed by atoms with van der Waals surface area (Å²) in [6, 6.07) is 0. The molecule has 0 aromatic heterocycles. The Bertz CT molecular complexity index is 270. The third-order valence-corrected chi connectivity index (χ3v) is 2.93. The van der Waals surface area contributed by atoms with Gasteiger partial charge in [0.1, 0.15) is 0 Å². The standard InChI is InChI=1S/C10H13F3O2/c11-10(12,13)7-1-3-9(14,4-2-7)5-8-6-15-8/h1,3,7-8,14H,2,4-6H2. The highest BCUT2D eigenvalue weighted by Crippen LogP contribution is 2.39. The molecule has 1 heterocycles. The maximum Gasteiger partial charge on any atom is 0.395 e. The number of epoxide rings is 1. The Morgan fingerprint density at radius 2 is 2.13 bits per heavy atom. The van der Waals surface area contributed by atoms with Gasteiger partial charge in [0.25, 0.3) is 0 Å². The van der Waals surface area contributed by atoms with Crippen molar-refractivity contribution in [3.8, 4) is 0 Å². The average Bonchev–Trinajstić information content (AvgIpc) is 2.86. The van der Waals surface area contributed by atoms with Crippen LogP contribution in [0.15, 0.2) is 12.2 Å². The Kier molecular flexibility index (Phi) is 2.55. The summed E-state index contributed by atoms with van der Waals surface area (Å²) >= 11 is 0. The Labute approximate surface area is 85.7 Å².